The molecule has 21 heavy (non-hydrogen) atoms. The van der Waals surface area contributed by atoms with Crippen molar-refractivity contribution in [2.45, 2.75) is 27.3 Å². The van der Waals surface area contributed by atoms with E-state index in [1.54, 1.807) is 0 Å². The molecule has 0 radical (unpaired) electrons. The van der Waals surface area contributed by atoms with Crippen molar-refractivity contribution in [2.24, 2.45) is 0 Å². The zero-order chi connectivity index (χ0) is 14.8. The summed E-state index contributed by atoms with van der Waals surface area (Å²) in [5.41, 5.74) is 7.35. The molecule has 3 aromatic rings. The van der Waals surface area contributed by atoms with E-state index in [9.17, 15) is 0 Å². The highest BCUT2D eigenvalue weighted by atomic mass is 14.9. The highest BCUT2D eigenvalue weighted by molar-refractivity contribution is 5.93. The smallest absolute Gasteiger partial charge is 0.0751 e. The maximum atomic E-state index is 4.48. The van der Waals surface area contributed by atoms with Gasteiger partial charge in [-0.15, -0.1) is 0 Å². The van der Waals surface area contributed by atoms with E-state index >= 15 is 0 Å². The molecular formula is C19H20N2. The number of hydrogen-bond acceptors (Lipinski definition) is 2. The first-order valence-corrected chi connectivity index (χ1v) is 7.29. The molecule has 2 nitrogen and oxygen atoms in total. The van der Waals surface area contributed by atoms with Crippen LogP contribution in [0.4, 0.5) is 5.69 Å². The fourth-order valence-electron chi connectivity index (χ4n) is 2.84. The van der Waals surface area contributed by atoms with Gasteiger partial charge in [0.1, 0.15) is 0 Å². The lowest BCUT2D eigenvalue weighted by atomic mass is 10.1. The van der Waals surface area contributed by atoms with Gasteiger partial charge in [-0.25, -0.2) is 0 Å². The van der Waals surface area contributed by atoms with Gasteiger partial charge < -0.3 is 5.32 Å². The van der Waals surface area contributed by atoms with Gasteiger partial charge in [0.2, 0.25) is 0 Å². The maximum absolute atomic E-state index is 4.48. The number of anilines is 1. The second kappa shape index (κ2) is 5.57. The Hall–Kier alpha value is -2.35. The monoisotopic (exact) mass is 276 g/mol. The Kier molecular flexibility index (Phi) is 3.61. The second-order valence-electron chi connectivity index (χ2n) is 5.68. The Morgan fingerprint density at radius 1 is 0.952 bits per heavy atom. The summed E-state index contributed by atoms with van der Waals surface area (Å²) in [6, 6.07) is 15.0. The quantitative estimate of drug-likeness (QED) is 0.745. The van der Waals surface area contributed by atoms with E-state index in [2.05, 4.69) is 67.5 Å². The summed E-state index contributed by atoms with van der Waals surface area (Å²) in [5, 5.41) is 4.73. The molecule has 2 heteroatoms. The SMILES string of the molecule is Cc1cc(C)cc(CNc2ccc(C)c3ncccc23)c1. The predicted molar refractivity (Wildman–Crippen MR) is 89.7 cm³/mol. The van der Waals surface area contributed by atoms with Crippen molar-refractivity contribution in [2.75, 3.05) is 5.32 Å². The van der Waals surface area contributed by atoms with Crippen LogP contribution in [0.1, 0.15) is 22.3 Å². The Labute approximate surface area is 125 Å². The van der Waals surface area contributed by atoms with Crippen LogP contribution in [0, 0.1) is 20.8 Å². The molecule has 106 valence electrons. The number of aromatic nitrogens is 1. The van der Waals surface area contributed by atoms with Gasteiger partial charge in [-0.3, -0.25) is 4.98 Å². The minimum absolute atomic E-state index is 0.829. The average Bonchev–Trinajstić information content (AvgIpc) is 2.46. The molecule has 0 amide bonds. The van der Waals surface area contributed by atoms with E-state index in [0.717, 1.165) is 17.7 Å². The molecular weight excluding hydrogens is 256 g/mol. The van der Waals surface area contributed by atoms with Crippen LogP contribution >= 0.6 is 0 Å². The van der Waals surface area contributed by atoms with Crippen molar-refractivity contribution >= 4 is 16.6 Å². The molecule has 0 saturated heterocycles. The number of hydrogen-bond donors (Lipinski definition) is 1. The first kappa shape index (κ1) is 13.6. The van der Waals surface area contributed by atoms with E-state index in [-0.39, 0.29) is 0 Å². The van der Waals surface area contributed by atoms with Crippen LogP contribution in [0.15, 0.2) is 48.7 Å². The number of fused-ring (bicyclic) bond motifs is 1. The Morgan fingerprint density at radius 3 is 2.48 bits per heavy atom. The van der Waals surface area contributed by atoms with Gasteiger partial charge in [0.25, 0.3) is 0 Å². The van der Waals surface area contributed by atoms with Gasteiger partial charge in [-0.2, -0.15) is 0 Å². The lowest BCUT2D eigenvalue weighted by molar-refractivity contribution is 1.13. The number of benzene rings is 2. The standard InChI is InChI=1S/C19H20N2/c1-13-9-14(2)11-16(10-13)12-21-18-7-6-15(3)19-17(18)5-4-8-20-19/h4-11,21H,12H2,1-3H3. The maximum Gasteiger partial charge on any atom is 0.0751 e. The largest absolute Gasteiger partial charge is 0.380 e. The van der Waals surface area contributed by atoms with Gasteiger partial charge in [0.15, 0.2) is 0 Å². The number of aryl methyl sites for hydroxylation is 3. The van der Waals surface area contributed by atoms with Crippen molar-refractivity contribution in [1.29, 1.82) is 0 Å². The van der Waals surface area contributed by atoms with Crippen molar-refractivity contribution in [1.82, 2.24) is 4.98 Å². The molecule has 3 rings (SSSR count). The van der Waals surface area contributed by atoms with Crippen LogP contribution in [-0.4, -0.2) is 4.98 Å². The number of pyridine rings is 1. The molecule has 2 aromatic carbocycles. The fourth-order valence-corrected chi connectivity index (χ4v) is 2.84. The van der Waals surface area contributed by atoms with Crippen LogP contribution in [-0.2, 0) is 6.54 Å². The predicted octanol–water partition coefficient (Wildman–Crippen LogP) is 4.77. The highest BCUT2D eigenvalue weighted by Gasteiger charge is 2.04. The number of rotatable bonds is 3. The lowest BCUT2D eigenvalue weighted by Crippen LogP contribution is -2.01. The summed E-state index contributed by atoms with van der Waals surface area (Å²) in [6.07, 6.45) is 1.85. The molecule has 1 aromatic heterocycles. The van der Waals surface area contributed by atoms with Crippen LogP contribution in [0.2, 0.25) is 0 Å². The summed E-state index contributed by atoms with van der Waals surface area (Å²) in [5.74, 6) is 0. The molecule has 0 fully saturated rings. The van der Waals surface area contributed by atoms with Crippen LogP contribution < -0.4 is 5.32 Å². The third kappa shape index (κ3) is 2.89. The van der Waals surface area contributed by atoms with Crippen LogP contribution in [0.25, 0.3) is 10.9 Å². The highest BCUT2D eigenvalue weighted by Crippen LogP contribution is 2.25. The molecule has 0 saturated carbocycles. The second-order valence-corrected chi connectivity index (χ2v) is 5.68. The minimum Gasteiger partial charge on any atom is -0.380 e. The summed E-state index contributed by atoms with van der Waals surface area (Å²) in [4.78, 5) is 4.48. The molecule has 0 aliphatic heterocycles. The van der Waals surface area contributed by atoms with Gasteiger partial charge in [0, 0.05) is 23.8 Å². The molecule has 0 unspecified atom stereocenters. The topological polar surface area (TPSA) is 24.9 Å². The third-order valence-electron chi connectivity index (χ3n) is 3.74. The van der Waals surface area contributed by atoms with Crippen molar-refractivity contribution in [3.8, 4) is 0 Å². The Morgan fingerprint density at radius 2 is 1.71 bits per heavy atom. The summed E-state index contributed by atoms with van der Waals surface area (Å²) >= 11 is 0. The molecule has 1 N–H and O–H groups in total. The molecule has 0 bridgehead atoms. The fraction of sp³-hybridized carbons (Fsp3) is 0.211. The number of nitrogens with zero attached hydrogens (tertiary/aromatic N) is 1. The summed E-state index contributed by atoms with van der Waals surface area (Å²) < 4.78 is 0. The van der Waals surface area contributed by atoms with Crippen molar-refractivity contribution in [3.05, 3.63) is 70.9 Å². The van der Waals surface area contributed by atoms with Crippen molar-refractivity contribution < 1.29 is 0 Å². The first-order chi connectivity index (χ1) is 10.1. The van der Waals surface area contributed by atoms with E-state index in [1.165, 1.54) is 27.6 Å². The molecule has 0 spiro atoms. The normalized spacial score (nSPS) is 10.8. The third-order valence-corrected chi connectivity index (χ3v) is 3.74. The minimum atomic E-state index is 0.829. The van der Waals surface area contributed by atoms with Crippen LogP contribution in [0.5, 0.6) is 0 Å². The molecule has 0 aliphatic rings. The zero-order valence-electron chi connectivity index (χ0n) is 12.8. The van der Waals surface area contributed by atoms with Crippen LogP contribution in [0.3, 0.4) is 0 Å². The van der Waals surface area contributed by atoms with E-state index < -0.39 is 0 Å². The van der Waals surface area contributed by atoms with Gasteiger partial charge >= 0.3 is 0 Å². The van der Waals surface area contributed by atoms with E-state index in [4.69, 9.17) is 0 Å². The lowest BCUT2D eigenvalue weighted by Gasteiger charge is -2.12. The molecule has 0 atom stereocenters. The Bertz CT molecular complexity index is 770. The van der Waals surface area contributed by atoms with Gasteiger partial charge in [-0.05, 0) is 50.1 Å². The molecule has 1 heterocycles. The van der Waals surface area contributed by atoms with Crippen molar-refractivity contribution in [3.63, 3.8) is 0 Å². The Balaban J connectivity index is 1.90. The summed E-state index contributed by atoms with van der Waals surface area (Å²) in [6.45, 7) is 7.21. The first-order valence-electron chi connectivity index (χ1n) is 7.29. The average molecular weight is 276 g/mol. The molecule has 0 aliphatic carbocycles. The van der Waals surface area contributed by atoms with E-state index in [1.807, 2.05) is 12.3 Å². The zero-order valence-corrected chi connectivity index (χ0v) is 12.8. The summed E-state index contributed by atoms with van der Waals surface area (Å²) in [7, 11) is 0. The van der Waals surface area contributed by atoms with Gasteiger partial charge in [-0.1, -0.05) is 35.4 Å². The van der Waals surface area contributed by atoms with Gasteiger partial charge in [0.05, 0.1) is 5.52 Å². The number of nitrogens with one attached hydrogen (secondary N) is 1. The van der Waals surface area contributed by atoms with E-state index in [0.29, 0.717) is 0 Å².